The van der Waals surface area contributed by atoms with Crippen LogP contribution >= 0.6 is 0 Å². The molecule has 1 aliphatic heterocycles. The van der Waals surface area contributed by atoms with Crippen molar-refractivity contribution >= 4 is 30.1 Å². The van der Waals surface area contributed by atoms with Crippen LogP contribution in [0, 0.1) is 0 Å². The number of benzene rings is 2. The normalized spacial score (nSPS) is 14.2. The Morgan fingerprint density at radius 2 is 1.74 bits per heavy atom. The molecular weight excluding hydrogens is 415 g/mol. The molecule has 1 fully saturated rings. The van der Waals surface area contributed by atoms with Gasteiger partial charge in [0.1, 0.15) is 5.75 Å². The fourth-order valence-corrected chi connectivity index (χ4v) is 3.59. The van der Waals surface area contributed by atoms with Gasteiger partial charge < -0.3 is 4.84 Å². The number of hydrogen-bond acceptors (Lipinski definition) is 5. The van der Waals surface area contributed by atoms with E-state index in [0.29, 0.717) is 0 Å². The van der Waals surface area contributed by atoms with Gasteiger partial charge in [0, 0.05) is 13.1 Å². The Morgan fingerprint density at radius 3 is 2.30 bits per heavy atom. The largest absolute Gasteiger partial charge is 0.406 e. The van der Waals surface area contributed by atoms with Crippen molar-refractivity contribution in [2.24, 2.45) is 0 Å². The Kier molecular flexibility index (Phi) is 7.50. The maximum absolute atomic E-state index is 10.9. The summed E-state index contributed by atoms with van der Waals surface area (Å²) in [5.74, 6) is 0.276. The number of hydroxylamine groups is 2. The van der Waals surface area contributed by atoms with E-state index in [2.05, 4.69) is 5.32 Å². The van der Waals surface area contributed by atoms with Gasteiger partial charge in [-0.05, 0) is 25.0 Å². The summed E-state index contributed by atoms with van der Waals surface area (Å²) >= 11 is -4.98. The first-order valence-corrected chi connectivity index (χ1v) is 11.8. The van der Waals surface area contributed by atoms with Crippen molar-refractivity contribution in [1.82, 2.24) is 5.06 Å². The number of phenolic OH excluding ortho intramolecular Hbond substituents is 1. The van der Waals surface area contributed by atoms with Crippen molar-refractivity contribution in [3.05, 3.63) is 48.5 Å². The fourth-order valence-electron chi connectivity index (χ4n) is 2.40. The molecular formula is C18H23AsN2O6. The van der Waals surface area contributed by atoms with Crippen LogP contribution in [-0.4, -0.2) is 51.5 Å². The molecule has 0 bridgehead atoms. The molecule has 27 heavy (non-hydrogen) atoms. The summed E-state index contributed by atoms with van der Waals surface area (Å²) in [6, 6.07) is 13.3. The van der Waals surface area contributed by atoms with E-state index in [1.54, 1.807) is 0 Å². The minimum absolute atomic E-state index is 0.00951. The van der Waals surface area contributed by atoms with E-state index in [-0.39, 0.29) is 15.8 Å². The van der Waals surface area contributed by atoms with Crippen LogP contribution in [0.15, 0.2) is 48.5 Å². The van der Waals surface area contributed by atoms with Crippen molar-refractivity contribution in [1.29, 1.82) is 0 Å². The fraction of sp³-hybridized carbons (Fsp3) is 0.278. The molecule has 0 spiro atoms. The Bertz CT molecular complexity index is 803. The average molecular weight is 438 g/mol. The number of rotatable bonds is 4. The summed E-state index contributed by atoms with van der Waals surface area (Å²) < 4.78 is 28.6. The van der Waals surface area contributed by atoms with Crippen LogP contribution in [0.1, 0.15) is 19.8 Å². The predicted octanol–water partition coefficient (Wildman–Crippen LogP) is 0.988. The topological polar surface area (TPSA) is 119 Å². The Balaban J connectivity index is 0.000000198. The summed E-state index contributed by atoms with van der Waals surface area (Å²) in [7, 11) is 0. The van der Waals surface area contributed by atoms with E-state index in [4.69, 9.17) is 13.0 Å². The summed E-state index contributed by atoms with van der Waals surface area (Å²) in [5.41, 5.74) is -0.00951. The molecule has 1 saturated heterocycles. The van der Waals surface area contributed by atoms with Gasteiger partial charge in [0.2, 0.25) is 0 Å². The van der Waals surface area contributed by atoms with Crippen molar-refractivity contribution in [2.45, 2.75) is 19.8 Å². The maximum Gasteiger partial charge on any atom is 0.147 e. The molecule has 2 aromatic rings. The van der Waals surface area contributed by atoms with Gasteiger partial charge in [-0.1, -0.05) is 18.2 Å². The zero-order chi connectivity index (χ0) is 19.9. The van der Waals surface area contributed by atoms with Gasteiger partial charge in [0.05, 0.1) is 0 Å². The van der Waals surface area contributed by atoms with Crippen molar-refractivity contribution in [3.8, 4) is 11.5 Å². The monoisotopic (exact) mass is 438 g/mol. The number of hydrogen-bond donors (Lipinski definition) is 4. The van der Waals surface area contributed by atoms with Crippen molar-refractivity contribution < 1.29 is 26.7 Å². The van der Waals surface area contributed by atoms with E-state index in [1.807, 2.05) is 35.4 Å². The first-order valence-electron chi connectivity index (χ1n) is 8.40. The van der Waals surface area contributed by atoms with Gasteiger partial charge in [-0.3, -0.25) is 0 Å². The third kappa shape index (κ3) is 7.11. The number of carbonyl (C=O) groups excluding carboxylic acids is 1. The van der Waals surface area contributed by atoms with E-state index in [0.717, 1.165) is 37.0 Å². The Labute approximate surface area is 160 Å². The standard InChI is InChI=1S/C10H13NO.C8H10AsNO5/c1-2-6-10(7-3-1)12-11-8-4-5-9-11;1-5(11)10-7-4-6(9(13,14)15)2-3-8(7)12/h1-3,6-7H,4-5,8-9H2;2-4,12H,1H3,(H,10,11)(H2,13,14,15). The zero-order valence-corrected chi connectivity index (χ0v) is 16.8. The van der Waals surface area contributed by atoms with E-state index in [1.165, 1.54) is 19.8 Å². The Hall–Kier alpha value is -2.25. The second kappa shape index (κ2) is 9.62. The molecule has 4 N–H and O–H groups in total. The van der Waals surface area contributed by atoms with Crippen LogP contribution in [0.3, 0.4) is 0 Å². The Morgan fingerprint density at radius 1 is 1.11 bits per heavy atom. The first-order chi connectivity index (χ1) is 12.8. The van der Waals surface area contributed by atoms with Gasteiger partial charge in [-0.25, -0.2) is 0 Å². The molecule has 3 rings (SSSR count). The average Bonchev–Trinajstić information content (AvgIpc) is 3.10. The number of nitrogens with zero attached hydrogens (tertiary/aromatic N) is 1. The number of para-hydroxylation sites is 1. The minimum Gasteiger partial charge on any atom is -0.406 e. The van der Waals surface area contributed by atoms with E-state index in [9.17, 15) is 13.6 Å². The molecule has 1 aliphatic rings. The summed E-state index contributed by atoms with van der Waals surface area (Å²) in [6.07, 6.45) is 2.51. The van der Waals surface area contributed by atoms with Gasteiger partial charge >= 0.3 is 88.1 Å². The van der Waals surface area contributed by atoms with Crippen molar-refractivity contribution in [2.75, 3.05) is 18.4 Å². The maximum atomic E-state index is 10.9. The molecule has 1 heterocycles. The minimum atomic E-state index is -4.98. The van der Waals surface area contributed by atoms with Crippen LogP contribution in [0.2, 0.25) is 0 Å². The molecule has 0 atom stereocenters. The van der Waals surface area contributed by atoms with E-state index < -0.39 is 20.1 Å². The first kappa shape index (κ1) is 21.1. The third-order valence-electron chi connectivity index (χ3n) is 3.67. The van der Waals surface area contributed by atoms with Crippen LogP contribution in [-0.2, 0) is 8.53 Å². The van der Waals surface area contributed by atoms with Gasteiger partial charge in [-0.2, -0.15) is 0 Å². The van der Waals surface area contributed by atoms with Crippen LogP contribution < -0.4 is 14.5 Å². The number of phenols is 1. The summed E-state index contributed by atoms with van der Waals surface area (Å²) in [6.45, 7) is 3.36. The van der Waals surface area contributed by atoms with Crippen molar-refractivity contribution in [3.63, 3.8) is 0 Å². The SMILES string of the molecule is CC(=O)Nc1cc([As](=O)(O)O)ccc1O.c1ccc(ON2CCCC2)cc1. The quantitative estimate of drug-likeness (QED) is 0.415. The van der Waals surface area contributed by atoms with Crippen LogP contribution in [0.5, 0.6) is 11.5 Å². The smallest absolute Gasteiger partial charge is 0.147 e. The second-order valence-corrected chi connectivity index (χ2v) is 9.33. The van der Waals surface area contributed by atoms with Gasteiger partial charge in [0.25, 0.3) is 0 Å². The van der Waals surface area contributed by atoms with Crippen LogP contribution in [0.4, 0.5) is 5.69 Å². The molecule has 9 heteroatoms. The summed E-state index contributed by atoms with van der Waals surface area (Å²) in [5, 5.41) is 13.6. The number of anilines is 1. The van der Waals surface area contributed by atoms with Gasteiger partial charge in [0.15, 0.2) is 0 Å². The molecule has 0 aromatic heterocycles. The number of aromatic hydroxyl groups is 1. The zero-order valence-electron chi connectivity index (χ0n) is 14.9. The third-order valence-corrected chi connectivity index (χ3v) is 5.66. The molecule has 8 nitrogen and oxygen atoms in total. The molecule has 146 valence electrons. The molecule has 0 aliphatic carbocycles. The molecule has 0 unspecified atom stereocenters. The summed E-state index contributed by atoms with van der Waals surface area (Å²) in [4.78, 5) is 16.3. The number of carbonyl (C=O) groups is 1. The van der Waals surface area contributed by atoms with Gasteiger partial charge in [-0.15, -0.1) is 5.06 Å². The molecule has 2 aromatic carbocycles. The predicted molar refractivity (Wildman–Crippen MR) is 101 cm³/mol. The second-order valence-electron chi connectivity index (χ2n) is 5.97. The van der Waals surface area contributed by atoms with E-state index >= 15 is 0 Å². The molecule has 0 radical (unpaired) electrons. The molecule has 1 amide bonds. The van der Waals surface area contributed by atoms with Crippen LogP contribution in [0.25, 0.3) is 0 Å². The molecule has 0 saturated carbocycles. The number of amides is 1. The number of nitrogens with one attached hydrogen (secondary N) is 1.